The van der Waals surface area contributed by atoms with Gasteiger partial charge in [0.25, 0.3) is 0 Å². The lowest BCUT2D eigenvalue weighted by Crippen LogP contribution is -2.10. The topological polar surface area (TPSA) is 59.3 Å². The molecule has 24 heavy (non-hydrogen) atoms. The number of carbonyl (C=O) groups is 1. The Morgan fingerprint density at radius 3 is 2.79 bits per heavy atom. The van der Waals surface area contributed by atoms with Gasteiger partial charge in [-0.05, 0) is 71.5 Å². The summed E-state index contributed by atoms with van der Waals surface area (Å²) in [5, 5.41) is 3.30. The Balaban J connectivity index is 1.81. The van der Waals surface area contributed by atoms with E-state index in [9.17, 15) is 9.59 Å². The number of carbonyl (C=O) groups excluding carboxylic acids is 1. The summed E-state index contributed by atoms with van der Waals surface area (Å²) in [5.41, 5.74) is 2.43. The number of fused-ring (bicyclic) bond motifs is 1. The zero-order valence-electron chi connectivity index (χ0n) is 12.9. The molecule has 1 heterocycles. The minimum absolute atomic E-state index is 0.161. The molecule has 5 heteroatoms. The molecule has 0 aliphatic heterocycles. The van der Waals surface area contributed by atoms with Crippen LogP contribution in [-0.2, 0) is 4.79 Å². The van der Waals surface area contributed by atoms with E-state index >= 15 is 0 Å². The second-order valence-corrected chi connectivity index (χ2v) is 6.54. The molecular weight excluding hydrogens is 417 g/mol. The summed E-state index contributed by atoms with van der Waals surface area (Å²) in [6.07, 6.45) is 4.17. The van der Waals surface area contributed by atoms with Crippen LogP contribution in [-0.4, -0.2) is 5.91 Å². The molecular formula is C19H14INO3. The van der Waals surface area contributed by atoms with Gasteiger partial charge in [0.05, 0.1) is 10.9 Å². The summed E-state index contributed by atoms with van der Waals surface area (Å²) >= 11 is 2.22. The van der Waals surface area contributed by atoms with E-state index in [1.54, 1.807) is 24.3 Å². The molecule has 0 aliphatic carbocycles. The maximum Gasteiger partial charge on any atom is 0.248 e. The third-order valence-electron chi connectivity index (χ3n) is 3.57. The number of halogens is 1. The third kappa shape index (κ3) is 3.56. The SMILES string of the molecule is Cc1cc(I)ccc1NC(=O)/C=C/c1coc2ccccc2c1=O. The molecule has 1 aromatic heterocycles. The van der Waals surface area contributed by atoms with E-state index in [0.29, 0.717) is 16.5 Å². The predicted octanol–water partition coefficient (Wildman–Crippen LogP) is 4.36. The van der Waals surface area contributed by atoms with Gasteiger partial charge in [0.1, 0.15) is 11.8 Å². The van der Waals surface area contributed by atoms with Crippen molar-refractivity contribution in [1.29, 1.82) is 0 Å². The molecule has 0 unspecified atom stereocenters. The Morgan fingerprint density at radius 2 is 2.00 bits per heavy atom. The van der Waals surface area contributed by atoms with Crippen LogP contribution in [0.4, 0.5) is 5.69 Å². The minimum Gasteiger partial charge on any atom is -0.463 e. The molecule has 3 aromatic rings. The summed E-state index contributed by atoms with van der Waals surface area (Å²) in [4.78, 5) is 24.4. The number of nitrogens with one attached hydrogen (secondary N) is 1. The second kappa shape index (κ2) is 7.00. The van der Waals surface area contributed by atoms with Crippen LogP contribution < -0.4 is 10.7 Å². The van der Waals surface area contributed by atoms with Crippen LogP contribution in [0.2, 0.25) is 0 Å². The van der Waals surface area contributed by atoms with Gasteiger partial charge in [-0.25, -0.2) is 0 Å². The van der Waals surface area contributed by atoms with Crippen molar-refractivity contribution >= 4 is 51.2 Å². The molecule has 0 bridgehead atoms. The van der Waals surface area contributed by atoms with Crippen molar-refractivity contribution in [2.24, 2.45) is 0 Å². The van der Waals surface area contributed by atoms with E-state index in [2.05, 4.69) is 27.9 Å². The monoisotopic (exact) mass is 431 g/mol. The predicted molar refractivity (Wildman–Crippen MR) is 104 cm³/mol. The molecule has 0 saturated carbocycles. The second-order valence-electron chi connectivity index (χ2n) is 5.30. The smallest absolute Gasteiger partial charge is 0.248 e. The summed E-state index contributed by atoms with van der Waals surface area (Å²) in [5.74, 6) is -0.299. The van der Waals surface area contributed by atoms with Crippen LogP contribution in [0.25, 0.3) is 17.0 Å². The average Bonchev–Trinajstić information content (AvgIpc) is 2.57. The highest BCUT2D eigenvalue weighted by Crippen LogP contribution is 2.18. The van der Waals surface area contributed by atoms with E-state index in [0.717, 1.165) is 14.8 Å². The van der Waals surface area contributed by atoms with E-state index < -0.39 is 0 Å². The molecule has 0 fully saturated rings. The normalized spacial score (nSPS) is 11.1. The summed E-state index contributed by atoms with van der Waals surface area (Å²) in [6.45, 7) is 1.93. The lowest BCUT2D eigenvalue weighted by Gasteiger charge is -2.06. The maximum absolute atomic E-state index is 12.3. The first-order valence-electron chi connectivity index (χ1n) is 7.30. The van der Waals surface area contributed by atoms with Crippen molar-refractivity contribution in [2.75, 3.05) is 5.32 Å². The van der Waals surface area contributed by atoms with Gasteiger partial charge in [-0.1, -0.05) is 12.1 Å². The van der Waals surface area contributed by atoms with Crippen LogP contribution in [0.3, 0.4) is 0 Å². The number of anilines is 1. The quantitative estimate of drug-likeness (QED) is 0.496. The maximum atomic E-state index is 12.3. The number of benzene rings is 2. The largest absolute Gasteiger partial charge is 0.463 e. The Morgan fingerprint density at radius 1 is 1.21 bits per heavy atom. The molecule has 0 saturated heterocycles. The van der Waals surface area contributed by atoms with Gasteiger partial charge < -0.3 is 9.73 Å². The van der Waals surface area contributed by atoms with Crippen LogP contribution in [0.5, 0.6) is 0 Å². The zero-order chi connectivity index (χ0) is 17.1. The van der Waals surface area contributed by atoms with Crippen LogP contribution in [0.1, 0.15) is 11.1 Å². The van der Waals surface area contributed by atoms with Crippen LogP contribution in [0, 0.1) is 10.5 Å². The number of rotatable bonds is 3. The van der Waals surface area contributed by atoms with Crippen molar-refractivity contribution in [2.45, 2.75) is 6.92 Å². The summed E-state index contributed by atoms with van der Waals surface area (Å²) < 4.78 is 6.53. The highest BCUT2D eigenvalue weighted by Gasteiger charge is 2.05. The fraction of sp³-hybridized carbons (Fsp3) is 0.0526. The average molecular weight is 431 g/mol. The van der Waals surface area contributed by atoms with Crippen LogP contribution in [0.15, 0.2) is 64.0 Å². The molecule has 120 valence electrons. The van der Waals surface area contributed by atoms with E-state index in [-0.39, 0.29) is 11.3 Å². The highest BCUT2D eigenvalue weighted by molar-refractivity contribution is 14.1. The Kier molecular flexibility index (Phi) is 4.80. The lowest BCUT2D eigenvalue weighted by atomic mass is 10.1. The Labute approximate surface area is 152 Å². The van der Waals surface area contributed by atoms with Crippen molar-refractivity contribution in [3.8, 4) is 0 Å². The molecule has 4 nitrogen and oxygen atoms in total. The first-order chi connectivity index (χ1) is 11.5. The summed E-state index contributed by atoms with van der Waals surface area (Å²) in [7, 11) is 0. The number of amides is 1. The molecule has 0 spiro atoms. The van der Waals surface area contributed by atoms with Gasteiger partial charge >= 0.3 is 0 Å². The number of hydrogen-bond donors (Lipinski definition) is 1. The standard InChI is InChI=1S/C19H14INO3/c1-12-10-14(20)7-8-16(12)21-18(22)9-6-13-11-24-17-5-3-2-4-15(17)19(13)23/h2-11H,1H3,(H,21,22)/b9-6+. The zero-order valence-corrected chi connectivity index (χ0v) is 15.0. The molecule has 2 aromatic carbocycles. The minimum atomic E-state index is -0.299. The van der Waals surface area contributed by atoms with Crippen molar-refractivity contribution in [1.82, 2.24) is 0 Å². The van der Waals surface area contributed by atoms with Crippen molar-refractivity contribution in [3.63, 3.8) is 0 Å². The highest BCUT2D eigenvalue weighted by atomic mass is 127. The lowest BCUT2D eigenvalue weighted by molar-refractivity contribution is -0.111. The van der Waals surface area contributed by atoms with Gasteiger partial charge in [0.2, 0.25) is 5.91 Å². The van der Waals surface area contributed by atoms with E-state index in [4.69, 9.17) is 4.42 Å². The van der Waals surface area contributed by atoms with Crippen molar-refractivity contribution in [3.05, 3.63) is 79.7 Å². The fourth-order valence-electron chi connectivity index (χ4n) is 2.32. The molecule has 1 amide bonds. The van der Waals surface area contributed by atoms with Gasteiger partial charge in [-0.3, -0.25) is 9.59 Å². The summed E-state index contributed by atoms with van der Waals surface area (Å²) in [6, 6.07) is 12.8. The first kappa shape index (κ1) is 16.4. The van der Waals surface area contributed by atoms with Gasteiger partial charge in [-0.2, -0.15) is 0 Å². The third-order valence-corrected chi connectivity index (χ3v) is 4.24. The first-order valence-corrected chi connectivity index (χ1v) is 8.38. The van der Waals surface area contributed by atoms with Gasteiger partial charge in [0.15, 0.2) is 5.43 Å². The fourth-order valence-corrected chi connectivity index (χ4v) is 2.96. The van der Waals surface area contributed by atoms with Gasteiger partial charge in [-0.15, -0.1) is 0 Å². The van der Waals surface area contributed by atoms with E-state index in [1.165, 1.54) is 18.4 Å². The number of para-hydroxylation sites is 1. The molecule has 3 rings (SSSR count). The number of hydrogen-bond acceptors (Lipinski definition) is 3. The molecule has 0 radical (unpaired) electrons. The molecule has 0 atom stereocenters. The van der Waals surface area contributed by atoms with Gasteiger partial charge in [0, 0.05) is 15.3 Å². The molecule has 1 N–H and O–H groups in total. The van der Waals surface area contributed by atoms with E-state index in [1.807, 2.05) is 25.1 Å². The van der Waals surface area contributed by atoms with Crippen molar-refractivity contribution < 1.29 is 9.21 Å². The van der Waals surface area contributed by atoms with Crippen LogP contribution >= 0.6 is 22.6 Å². The Bertz CT molecular complexity index is 1000. The number of aryl methyl sites for hydroxylation is 1. The molecule has 0 aliphatic rings. The Hall–Kier alpha value is -2.41.